The van der Waals surface area contributed by atoms with Crippen LogP contribution >= 0.6 is 0 Å². The average Bonchev–Trinajstić information content (AvgIpc) is 3.33. The van der Waals surface area contributed by atoms with E-state index in [4.69, 9.17) is 4.42 Å². The van der Waals surface area contributed by atoms with E-state index in [1.165, 1.54) is 6.08 Å². The molecule has 6 heteroatoms. The van der Waals surface area contributed by atoms with Crippen LogP contribution < -0.4 is 0 Å². The quantitative estimate of drug-likeness (QED) is 0.387. The molecule has 1 heterocycles. The third-order valence-corrected chi connectivity index (χ3v) is 4.00. The smallest absolute Gasteiger partial charge is 0.225 e. The van der Waals surface area contributed by atoms with Crippen molar-refractivity contribution in [1.82, 2.24) is 4.98 Å². The molecule has 1 aliphatic rings. The van der Waals surface area contributed by atoms with Crippen LogP contribution in [-0.2, 0) is 0 Å². The SMILES string of the molecule is C=C(/C=C\C/C(F)=C\C)c1nc(C2=CC(=N/C=C(\CC)CF)CC=C2)co1.CC.CF. The lowest BCUT2D eigenvalue weighted by Gasteiger charge is -2.06. The van der Waals surface area contributed by atoms with Gasteiger partial charge in [-0.15, -0.1) is 0 Å². The van der Waals surface area contributed by atoms with Crippen LogP contribution in [0.5, 0.6) is 0 Å². The van der Waals surface area contributed by atoms with Gasteiger partial charge in [0, 0.05) is 35.9 Å². The van der Waals surface area contributed by atoms with Gasteiger partial charge in [-0.1, -0.05) is 57.7 Å². The average molecular weight is 435 g/mol. The number of alkyl halides is 2. The number of allylic oxidation sites excluding steroid dienone is 10. The van der Waals surface area contributed by atoms with Gasteiger partial charge in [-0.25, -0.2) is 13.8 Å². The summed E-state index contributed by atoms with van der Waals surface area (Å²) >= 11 is 0. The number of rotatable bonds is 8. The molecule has 0 fully saturated rings. The van der Waals surface area contributed by atoms with Crippen molar-refractivity contribution in [2.45, 2.75) is 47.0 Å². The fraction of sp³-hybridized carbons (Fsp3) is 0.360. The first-order valence-corrected chi connectivity index (χ1v) is 10.3. The summed E-state index contributed by atoms with van der Waals surface area (Å²) in [5.41, 5.74) is 3.58. The summed E-state index contributed by atoms with van der Waals surface area (Å²) in [5, 5.41) is 0. The molecule has 1 aromatic rings. The van der Waals surface area contributed by atoms with Crippen LogP contribution in [0.15, 0.2) is 76.3 Å². The second-order valence-corrected chi connectivity index (χ2v) is 6.01. The van der Waals surface area contributed by atoms with E-state index in [9.17, 15) is 13.2 Å². The molecule has 31 heavy (non-hydrogen) atoms. The lowest BCUT2D eigenvalue weighted by atomic mass is 10.0. The molecule has 0 radical (unpaired) electrons. The molecule has 0 atom stereocenters. The number of nitrogens with zero attached hydrogens (tertiary/aromatic N) is 2. The van der Waals surface area contributed by atoms with Crippen molar-refractivity contribution in [2.75, 3.05) is 13.9 Å². The maximum atomic E-state index is 13.1. The van der Waals surface area contributed by atoms with Crippen molar-refractivity contribution in [1.29, 1.82) is 0 Å². The van der Waals surface area contributed by atoms with Crippen molar-refractivity contribution >= 4 is 16.9 Å². The summed E-state index contributed by atoms with van der Waals surface area (Å²) in [5.74, 6) is 0.176. The summed E-state index contributed by atoms with van der Waals surface area (Å²) in [4.78, 5) is 8.80. The van der Waals surface area contributed by atoms with Gasteiger partial charge in [0.2, 0.25) is 5.89 Å². The van der Waals surface area contributed by atoms with Crippen LogP contribution in [-0.4, -0.2) is 24.5 Å². The van der Waals surface area contributed by atoms with Crippen molar-refractivity contribution in [3.05, 3.63) is 78.5 Å². The van der Waals surface area contributed by atoms with E-state index in [0.29, 0.717) is 42.8 Å². The highest BCUT2D eigenvalue weighted by atomic mass is 19.1. The second kappa shape index (κ2) is 16.9. The van der Waals surface area contributed by atoms with Gasteiger partial charge in [0.1, 0.15) is 18.6 Å². The Kier molecular flexibility index (Phi) is 15.3. The largest absolute Gasteiger partial charge is 0.444 e. The number of hydrogen-bond acceptors (Lipinski definition) is 3. The second-order valence-electron chi connectivity index (χ2n) is 6.01. The summed E-state index contributed by atoms with van der Waals surface area (Å²) < 4.78 is 40.9. The Labute approximate surface area is 184 Å². The van der Waals surface area contributed by atoms with Crippen LogP contribution in [0.3, 0.4) is 0 Å². The topological polar surface area (TPSA) is 38.4 Å². The van der Waals surface area contributed by atoms with Crippen molar-refractivity contribution in [3.63, 3.8) is 0 Å². The van der Waals surface area contributed by atoms with Gasteiger partial charge < -0.3 is 4.42 Å². The van der Waals surface area contributed by atoms with Gasteiger partial charge in [0.05, 0.1) is 13.0 Å². The zero-order valence-electron chi connectivity index (χ0n) is 19.1. The van der Waals surface area contributed by atoms with Gasteiger partial charge >= 0.3 is 0 Å². The molecular formula is C25H33F3N2O. The first-order chi connectivity index (χ1) is 15.1. The number of aromatic nitrogens is 1. The molecule has 0 bridgehead atoms. The summed E-state index contributed by atoms with van der Waals surface area (Å²) in [6.07, 6.45) is 15.3. The highest BCUT2D eigenvalue weighted by molar-refractivity contribution is 6.05. The zero-order valence-corrected chi connectivity index (χ0v) is 19.1. The van der Waals surface area contributed by atoms with Crippen LogP contribution in [0.2, 0.25) is 0 Å². The van der Waals surface area contributed by atoms with Gasteiger partial charge in [0.25, 0.3) is 0 Å². The molecule has 3 nitrogen and oxygen atoms in total. The predicted molar refractivity (Wildman–Crippen MR) is 126 cm³/mol. The van der Waals surface area contributed by atoms with E-state index < -0.39 is 6.67 Å². The molecule has 0 spiro atoms. The number of oxazole rings is 1. The van der Waals surface area contributed by atoms with Crippen molar-refractivity contribution in [2.24, 2.45) is 4.99 Å². The third kappa shape index (κ3) is 10.1. The lowest BCUT2D eigenvalue weighted by molar-refractivity contribution is 0.534. The lowest BCUT2D eigenvalue weighted by Crippen LogP contribution is -1.98. The molecule has 170 valence electrons. The molecule has 0 saturated carbocycles. The van der Waals surface area contributed by atoms with Crippen molar-refractivity contribution < 1.29 is 17.6 Å². The Morgan fingerprint density at radius 3 is 2.65 bits per heavy atom. The molecule has 0 amide bonds. The minimum atomic E-state index is -0.486. The van der Waals surface area contributed by atoms with E-state index in [1.54, 1.807) is 31.5 Å². The normalized spacial score (nSPS) is 15.2. The molecular weight excluding hydrogens is 401 g/mol. The van der Waals surface area contributed by atoms with E-state index in [2.05, 4.69) is 16.6 Å². The van der Waals surface area contributed by atoms with E-state index in [0.717, 1.165) is 11.3 Å². The van der Waals surface area contributed by atoms with Crippen LogP contribution in [0.4, 0.5) is 13.2 Å². The van der Waals surface area contributed by atoms with Crippen LogP contribution in [0, 0.1) is 0 Å². The maximum Gasteiger partial charge on any atom is 0.225 e. The zero-order chi connectivity index (χ0) is 23.6. The fourth-order valence-corrected chi connectivity index (χ4v) is 2.29. The minimum Gasteiger partial charge on any atom is -0.444 e. The van der Waals surface area contributed by atoms with Gasteiger partial charge in [-0.2, -0.15) is 0 Å². The van der Waals surface area contributed by atoms with Crippen LogP contribution in [0.1, 0.15) is 58.5 Å². The van der Waals surface area contributed by atoms with Gasteiger partial charge in [-0.3, -0.25) is 9.38 Å². The Hall–Kier alpha value is -2.89. The van der Waals surface area contributed by atoms with E-state index >= 15 is 0 Å². The molecule has 2 rings (SSSR count). The number of hydrogen-bond donors (Lipinski definition) is 0. The molecule has 0 saturated heterocycles. The predicted octanol–water partition coefficient (Wildman–Crippen LogP) is 8.17. The Bertz CT molecular complexity index is 850. The molecule has 0 N–H and O–H groups in total. The summed E-state index contributed by atoms with van der Waals surface area (Å²) in [6, 6.07) is 0. The molecule has 1 aromatic heterocycles. The highest BCUT2D eigenvalue weighted by Gasteiger charge is 2.11. The monoisotopic (exact) mass is 434 g/mol. The Morgan fingerprint density at radius 2 is 2.03 bits per heavy atom. The number of halogens is 3. The van der Waals surface area contributed by atoms with E-state index in [1.807, 2.05) is 39.0 Å². The Morgan fingerprint density at radius 1 is 1.32 bits per heavy atom. The minimum absolute atomic E-state index is 0.204. The first-order valence-electron chi connectivity index (χ1n) is 10.3. The van der Waals surface area contributed by atoms with Crippen LogP contribution in [0.25, 0.3) is 11.1 Å². The summed E-state index contributed by atoms with van der Waals surface area (Å²) in [6.45, 7) is 11.0. The molecule has 0 unspecified atom stereocenters. The third-order valence-electron chi connectivity index (χ3n) is 4.00. The molecule has 0 aromatic carbocycles. The van der Waals surface area contributed by atoms with Crippen molar-refractivity contribution in [3.8, 4) is 0 Å². The fourth-order valence-electron chi connectivity index (χ4n) is 2.29. The number of aliphatic imine (C=N–C) groups is 1. The van der Waals surface area contributed by atoms with E-state index in [-0.39, 0.29) is 12.2 Å². The van der Waals surface area contributed by atoms with Gasteiger partial charge in [0.15, 0.2) is 0 Å². The van der Waals surface area contributed by atoms with Gasteiger partial charge in [-0.05, 0) is 25.0 Å². The highest BCUT2D eigenvalue weighted by Crippen LogP contribution is 2.23. The first kappa shape index (κ1) is 28.1. The molecule has 1 aliphatic carbocycles. The summed E-state index contributed by atoms with van der Waals surface area (Å²) in [7, 11) is 0.500. The molecule has 0 aliphatic heterocycles. The maximum absolute atomic E-state index is 13.1. The standard InChI is InChI=1S/C22H24F2N2O.C2H6.CH3F/c1-4-17(13-23)14-25-20-11-7-9-18(12-20)21-15-27-22(26-21)16(3)8-6-10-19(24)5-2;2*1-2/h5-9,12,14-15H,3-4,10-11,13H2,1-2H3;1-2H3;1H3/b8-6-,17-14+,19-5+,25-20?;;. The Balaban J connectivity index is 0.00000212.